The molecule has 2 N–H and O–H groups in total. The van der Waals surface area contributed by atoms with Gasteiger partial charge in [-0.05, 0) is 29.0 Å². The highest BCUT2D eigenvalue weighted by Crippen LogP contribution is 2.39. The highest BCUT2D eigenvalue weighted by molar-refractivity contribution is 6.24. The number of nitro groups is 2. The number of non-ortho nitro benzene ring substituents is 2. The lowest BCUT2D eigenvalue weighted by Gasteiger charge is -2.06. The maximum atomic E-state index is 11.4. The Bertz CT molecular complexity index is 1660. The van der Waals surface area contributed by atoms with Gasteiger partial charge in [-0.3, -0.25) is 20.2 Å². The summed E-state index contributed by atoms with van der Waals surface area (Å²) >= 11 is 0. The molecule has 0 spiro atoms. The van der Waals surface area contributed by atoms with Gasteiger partial charge < -0.3 is 9.97 Å². The maximum Gasteiger partial charge on any atom is 0.270 e. The van der Waals surface area contributed by atoms with Crippen LogP contribution in [0.1, 0.15) is 0 Å². The molecule has 0 atom stereocenters. The van der Waals surface area contributed by atoms with Crippen LogP contribution < -0.4 is 0 Å². The fraction of sp³-hybridized carbons (Fsp3) is 0. The Hall–Kier alpha value is -4.79. The predicted molar refractivity (Wildman–Crippen MR) is 122 cm³/mol. The highest BCUT2D eigenvalue weighted by atomic mass is 16.6. The molecular weight excluding hydrogens is 410 g/mol. The Labute approximate surface area is 178 Å². The summed E-state index contributed by atoms with van der Waals surface area (Å²) in [7, 11) is 0. The molecule has 0 aliphatic rings. The van der Waals surface area contributed by atoms with Gasteiger partial charge in [0, 0.05) is 57.7 Å². The van der Waals surface area contributed by atoms with Crippen molar-refractivity contribution in [3.63, 3.8) is 0 Å². The molecule has 0 fully saturated rings. The van der Waals surface area contributed by atoms with E-state index in [1.165, 1.54) is 24.3 Å². The van der Waals surface area contributed by atoms with Gasteiger partial charge in [-0.15, -0.1) is 0 Å². The number of aromatic amines is 2. The van der Waals surface area contributed by atoms with Gasteiger partial charge in [-0.25, -0.2) is 4.98 Å². The monoisotopic (exact) mass is 423 g/mol. The second-order valence-electron chi connectivity index (χ2n) is 7.53. The van der Waals surface area contributed by atoms with E-state index < -0.39 is 9.85 Å². The Kier molecular flexibility index (Phi) is 3.58. The number of benzene rings is 4. The Morgan fingerprint density at radius 2 is 1.41 bits per heavy atom. The van der Waals surface area contributed by atoms with E-state index in [9.17, 15) is 20.2 Å². The summed E-state index contributed by atoms with van der Waals surface area (Å²) in [5, 5.41) is 26.5. The Morgan fingerprint density at radius 3 is 2.12 bits per heavy atom. The summed E-state index contributed by atoms with van der Waals surface area (Å²) in [6, 6.07) is 17.0. The zero-order valence-electron chi connectivity index (χ0n) is 16.3. The number of nitrogens with one attached hydrogen (secondary N) is 2. The molecule has 6 rings (SSSR count). The van der Waals surface area contributed by atoms with Crippen LogP contribution in [-0.2, 0) is 0 Å². The van der Waals surface area contributed by atoms with Crippen molar-refractivity contribution >= 4 is 54.9 Å². The second-order valence-corrected chi connectivity index (χ2v) is 7.53. The van der Waals surface area contributed by atoms with E-state index in [-0.39, 0.29) is 11.4 Å². The number of nitrogens with zero attached hydrogens (tertiary/aromatic N) is 3. The van der Waals surface area contributed by atoms with Crippen molar-refractivity contribution in [3.8, 4) is 11.4 Å². The first-order chi connectivity index (χ1) is 15.5. The third-order valence-electron chi connectivity index (χ3n) is 5.79. The zero-order valence-corrected chi connectivity index (χ0v) is 16.3. The fourth-order valence-corrected chi connectivity index (χ4v) is 4.32. The van der Waals surface area contributed by atoms with Crippen LogP contribution in [0.25, 0.3) is 54.9 Å². The molecule has 0 aliphatic carbocycles. The van der Waals surface area contributed by atoms with Crippen LogP contribution in [0.5, 0.6) is 0 Å². The van der Waals surface area contributed by atoms with Crippen LogP contribution in [0.15, 0.2) is 66.9 Å². The molecule has 0 saturated heterocycles. The number of hydrogen-bond donors (Lipinski definition) is 2. The first kappa shape index (κ1) is 18.0. The van der Waals surface area contributed by atoms with E-state index in [0.29, 0.717) is 27.6 Å². The lowest BCUT2D eigenvalue weighted by molar-refractivity contribution is -0.384. The van der Waals surface area contributed by atoms with E-state index in [1.807, 2.05) is 30.5 Å². The van der Waals surface area contributed by atoms with Crippen molar-refractivity contribution in [2.45, 2.75) is 0 Å². The summed E-state index contributed by atoms with van der Waals surface area (Å²) in [5.74, 6) is 0.573. The molecule has 2 aromatic heterocycles. The van der Waals surface area contributed by atoms with Crippen molar-refractivity contribution in [1.82, 2.24) is 15.0 Å². The van der Waals surface area contributed by atoms with Crippen molar-refractivity contribution in [3.05, 3.63) is 87.1 Å². The van der Waals surface area contributed by atoms with Gasteiger partial charge in [0.1, 0.15) is 5.82 Å². The molecule has 2 heterocycles. The average molecular weight is 423 g/mol. The van der Waals surface area contributed by atoms with Crippen molar-refractivity contribution < 1.29 is 9.85 Å². The fourth-order valence-electron chi connectivity index (χ4n) is 4.32. The molecular formula is C23H13N5O4. The van der Waals surface area contributed by atoms with Crippen LogP contribution in [0.4, 0.5) is 11.4 Å². The molecule has 0 amide bonds. The second kappa shape index (κ2) is 6.35. The lowest BCUT2D eigenvalue weighted by atomic mass is 9.99. The van der Waals surface area contributed by atoms with Crippen LogP contribution in [-0.4, -0.2) is 24.8 Å². The minimum absolute atomic E-state index is 0.0386. The molecule has 0 saturated carbocycles. The maximum absolute atomic E-state index is 11.4. The van der Waals surface area contributed by atoms with Gasteiger partial charge in [0.2, 0.25) is 0 Å². The smallest absolute Gasteiger partial charge is 0.270 e. The third-order valence-corrected chi connectivity index (χ3v) is 5.79. The zero-order chi connectivity index (χ0) is 22.0. The lowest BCUT2D eigenvalue weighted by Crippen LogP contribution is -1.91. The van der Waals surface area contributed by atoms with Gasteiger partial charge in [-0.2, -0.15) is 0 Å². The van der Waals surface area contributed by atoms with Gasteiger partial charge in [-0.1, -0.05) is 18.2 Å². The SMILES string of the molecule is O=[N+]([O-])c1ccc2c3ccc([N+](=O)[O-])cc3c3[nH]c(-c4c[nH]c5ccccc45)nc3c2c1. The van der Waals surface area contributed by atoms with Gasteiger partial charge in [0.25, 0.3) is 11.4 Å². The summed E-state index contributed by atoms with van der Waals surface area (Å²) in [5.41, 5.74) is 2.83. The van der Waals surface area contributed by atoms with Gasteiger partial charge >= 0.3 is 0 Å². The molecule has 6 aromatic rings. The molecule has 154 valence electrons. The van der Waals surface area contributed by atoms with Crippen molar-refractivity contribution in [2.24, 2.45) is 0 Å². The van der Waals surface area contributed by atoms with Crippen molar-refractivity contribution in [2.75, 3.05) is 0 Å². The normalized spacial score (nSPS) is 11.6. The molecule has 0 aliphatic heterocycles. The first-order valence-corrected chi connectivity index (χ1v) is 9.76. The molecule has 9 nitrogen and oxygen atoms in total. The summed E-state index contributed by atoms with van der Waals surface area (Å²) in [4.78, 5) is 33.2. The Balaban J connectivity index is 1.77. The number of imidazole rings is 1. The molecule has 32 heavy (non-hydrogen) atoms. The quantitative estimate of drug-likeness (QED) is 0.210. The number of fused-ring (bicyclic) bond motifs is 7. The summed E-state index contributed by atoms with van der Waals surface area (Å²) in [6.45, 7) is 0. The largest absolute Gasteiger partial charge is 0.360 e. The molecule has 9 heteroatoms. The standard InChI is InChI=1S/C23H13N5O4/c29-27(30)12-5-7-14-15-8-6-13(28(31)32)10-18(15)22-21(17(14)9-12)25-23(26-22)19-11-24-20-4-2-1-3-16(19)20/h1-11,24H,(H,25,26). The summed E-state index contributed by atoms with van der Waals surface area (Å²) < 4.78 is 0. The molecule has 0 bridgehead atoms. The van der Waals surface area contributed by atoms with Crippen LogP contribution in [0.3, 0.4) is 0 Å². The first-order valence-electron chi connectivity index (χ1n) is 9.76. The molecule has 0 radical (unpaired) electrons. The third kappa shape index (κ3) is 2.48. The molecule has 0 unspecified atom stereocenters. The topological polar surface area (TPSA) is 131 Å². The van der Waals surface area contributed by atoms with Crippen molar-refractivity contribution in [1.29, 1.82) is 0 Å². The van der Waals surface area contributed by atoms with Crippen LogP contribution in [0.2, 0.25) is 0 Å². The highest BCUT2D eigenvalue weighted by Gasteiger charge is 2.19. The molecule has 4 aromatic carbocycles. The van der Waals surface area contributed by atoms with E-state index in [0.717, 1.165) is 27.2 Å². The van der Waals surface area contributed by atoms with E-state index in [2.05, 4.69) is 9.97 Å². The summed E-state index contributed by atoms with van der Waals surface area (Å²) in [6.07, 6.45) is 1.84. The average Bonchev–Trinajstić information content (AvgIpc) is 3.43. The van der Waals surface area contributed by atoms with E-state index in [1.54, 1.807) is 12.1 Å². The minimum Gasteiger partial charge on any atom is -0.360 e. The number of para-hydroxylation sites is 1. The predicted octanol–water partition coefficient (Wildman–Crippen LogP) is 5.83. The number of aromatic nitrogens is 3. The van der Waals surface area contributed by atoms with E-state index >= 15 is 0 Å². The number of rotatable bonds is 3. The number of nitro benzene ring substituents is 2. The Morgan fingerprint density at radius 1 is 0.750 bits per heavy atom. The van der Waals surface area contributed by atoms with Crippen LogP contribution >= 0.6 is 0 Å². The minimum atomic E-state index is -0.446. The number of H-pyrrole nitrogens is 2. The number of hydrogen-bond acceptors (Lipinski definition) is 5. The van der Waals surface area contributed by atoms with Gasteiger partial charge in [0.15, 0.2) is 0 Å². The van der Waals surface area contributed by atoms with E-state index in [4.69, 9.17) is 4.98 Å². The van der Waals surface area contributed by atoms with Crippen LogP contribution in [0, 0.1) is 20.2 Å². The van der Waals surface area contributed by atoms with Gasteiger partial charge in [0.05, 0.1) is 20.9 Å².